The molecule has 3 heterocycles. The fourth-order valence-electron chi connectivity index (χ4n) is 2.21. The lowest BCUT2D eigenvalue weighted by Gasteiger charge is -2.02. The molecular weight excluding hydrogens is 316 g/mol. The highest BCUT2D eigenvalue weighted by atomic mass is 32.1. The Labute approximate surface area is 134 Å². The van der Waals surface area contributed by atoms with Crippen LogP contribution in [0.3, 0.4) is 0 Å². The summed E-state index contributed by atoms with van der Waals surface area (Å²) < 4.78 is 16.1. The van der Waals surface area contributed by atoms with Crippen molar-refractivity contribution in [2.45, 2.75) is 0 Å². The number of ether oxygens (including phenoxy) is 1. The number of rotatable bonds is 3. The Bertz CT molecular complexity index is 1030. The van der Waals surface area contributed by atoms with E-state index in [0.29, 0.717) is 17.2 Å². The van der Waals surface area contributed by atoms with Gasteiger partial charge in [-0.25, -0.2) is 4.79 Å². The summed E-state index contributed by atoms with van der Waals surface area (Å²) >= 11 is 1.48. The van der Waals surface area contributed by atoms with Crippen LogP contribution < -0.4 is 10.4 Å². The lowest BCUT2D eigenvalue weighted by atomic mass is 10.2. The van der Waals surface area contributed by atoms with Crippen LogP contribution in [0.4, 0.5) is 0 Å². The molecule has 0 radical (unpaired) electrons. The van der Waals surface area contributed by atoms with E-state index in [2.05, 4.69) is 10.2 Å². The van der Waals surface area contributed by atoms with Gasteiger partial charge in [-0.15, -0.1) is 21.5 Å². The summed E-state index contributed by atoms with van der Waals surface area (Å²) in [6, 6.07) is 10.6. The molecule has 7 heteroatoms. The Morgan fingerprint density at radius 1 is 1.09 bits per heavy atom. The molecule has 0 amide bonds. The fourth-order valence-corrected chi connectivity index (χ4v) is 2.85. The second-order valence-corrected chi connectivity index (χ2v) is 5.69. The van der Waals surface area contributed by atoms with E-state index in [4.69, 9.17) is 13.6 Å². The van der Waals surface area contributed by atoms with Gasteiger partial charge in [0, 0.05) is 5.39 Å². The van der Waals surface area contributed by atoms with Crippen molar-refractivity contribution < 1.29 is 13.6 Å². The number of hydrogen-bond acceptors (Lipinski definition) is 7. The van der Waals surface area contributed by atoms with E-state index in [1.165, 1.54) is 11.3 Å². The molecule has 1 aromatic carbocycles. The Hall–Kier alpha value is -2.93. The molecular formula is C16H10N2O4S. The average Bonchev–Trinajstić information content (AvgIpc) is 3.25. The summed E-state index contributed by atoms with van der Waals surface area (Å²) in [4.78, 5) is 13.0. The maximum absolute atomic E-state index is 12.2. The van der Waals surface area contributed by atoms with E-state index in [0.717, 1.165) is 10.3 Å². The molecule has 0 aliphatic rings. The van der Waals surface area contributed by atoms with E-state index in [1.807, 2.05) is 17.5 Å². The van der Waals surface area contributed by atoms with Gasteiger partial charge in [-0.3, -0.25) is 0 Å². The van der Waals surface area contributed by atoms with Gasteiger partial charge in [-0.2, -0.15) is 0 Å². The molecule has 23 heavy (non-hydrogen) atoms. The number of methoxy groups -OCH3 is 1. The predicted molar refractivity (Wildman–Crippen MR) is 85.6 cm³/mol. The molecule has 4 rings (SSSR count). The van der Waals surface area contributed by atoms with E-state index in [9.17, 15) is 4.79 Å². The smallest absolute Gasteiger partial charge is 0.349 e. The maximum atomic E-state index is 12.2. The van der Waals surface area contributed by atoms with Crippen LogP contribution in [0.5, 0.6) is 5.75 Å². The Morgan fingerprint density at radius 2 is 1.96 bits per heavy atom. The minimum atomic E-state index is -0.524. The first kappa shape index (κ1) is 13.7. The number of fused-ring (bicyclic) bond motifs is 1. The molecule has 6 nitrogen and oxygen atoms in total. The zero-order valence-corrected chi connectivity index (χ0v) is 12.8. The van der Waals surface area contributed by atoms with Crippen molar-refractivity contribution in [3.63, 3.8) is 0 Å². The Morgan fingerprint density at radius 3 is 2.74 bits per heavy atom. The lowest BCUT2D eigenvalue weighted by molar-refractivity contribution is 0.415. The van der Waals surface area contributed by atoms with Gasteiger partial charge in [0.2, 0.25) is 0 Å². The topological polar surface area (TPSA) is 78.4 Å². The van der Waals surface area contributed by atoms with E-state index >= 15 is 0 Å². The molecule has 0 N–H and O–H groups in total. The van der Waals surface area contributed by atoms with Gasteiger partial charge in [0.25, 0.3) is 11.8 Å². The van der Waals surface area contributed by atoms with Crippen molar-refractivity contribution in [2.24, 2.45) is 0 Å². The maximum Gasteiger partial charge on any atom is 0.349 e. The Kier molecular flexibility index (Phi) is 3.20. The third-order valence-electron chi connectivity index (χ3n) is 3.33. The summed E-state index contributed by atoms with van der Waals surface area (Å²) in [7, 11) is 1.58. The van der Waals surface area contributed by atoms with Crippen LogP contribution in [0.25, 0.3) is 33.2 Å². The fraction of sp³-hybridized carbons (Fsp3) is 0.0625. The van der Waals surface area contributed by atoms with Crippen LogP contribution in [0, 0.1) is 0 Å². The molecule has 0 saturated heterocycles. The van der Waals surface area contributed by atoms with Crippen molar-refractivity contribution in [3.8, 4) is 28.0 Å². The molecule has 0 fully saturated rings. The largest absolute Gasteiger partial charge is 0.497 e. The van der Waals surface area contributed by atoms with Gasteiger partial charge in [-0.05, 0) is 35.7 Å². The van der Waals surface area contributed by atoms with Crippen LogP contribution in [0.2, 0.25) is 0 Å². The number of nitrogens with zero attached hydrogens (tertiary/aromatic N) is 2. The number of benzene rings is 1. The second-order valence-electron chi connectivity index (χ2n) is 4.74. The van der Waals surface area contributed by atoms with Gasteiger partial charge in [0.05, 0.1) is 12.0 Å². The van der Waals surface area contributed by atoms with Crippen LogP contribution in [-0.4, -0.2) is 17.3 Å². The van der Waals surface area contributed by atoms with E-state index in [-0.39, 0.29) is 11.5 Å². The highest BCUT2D eigenvalue weighted by Crippen LogP contribution is 2.28. The number of aromatic nitrogens is 2. The van der Waals surface area contributed by atoms with Crippen molar-refractivity contribution in [1.29, 1.82) is 0 Å². The average molecular weight is 326 g/mol. The van der Waals surface area contributed by atoms with Crippen molar-refractivity contribution in [3.05, 3.63) is 52.2 Å². The molecule has 0 unspecified atom stereocenters. The first-order chi connectivity index (χ1) is 11.2. The van der Waals surface area contributed by atoms with Crippen molar-refractivity contribution in [1.82, 2.24) is 10.2 Å². The third-order valence-corrected chi connectivity index (χ3v) is 4.18. The molecule has 0 atom stereocenters. The summed E-state index contributed by atoms with van der Waals surface area (Å²) in [6.45, 7) is 0. The van der Waals surface area contributed by atoms with Gasteiger partial charge in [0.1, 0.15) is 16.9 Å². The normalized spacial score (nSPS) is 11.0. The second kappa shape index (κ2) is 5.36. The summed E-state index contributed by atoms with van der Waals surface area (Å²) in [6.07, 6.45) is 0. The minimum absolute atomic E-state index is 0.131. The molecule has 4 aromatic rings. The highest BCUT2D eigenvalue weighted by Gasteiger charge is 2.16. The van der Waals surface area contributed by atoms with Crippen LogP contribution in [0.15, 0.2) is 55.4 Å². The summed E-state index contributed by atoms with van der Waals surface area (Å²) in [5, 5.41) is 10.6. The highest BCUT2D eigenvalue weighted by molar-refractivity contribution is 7.13. The third kappa shape index (κ3) is 2.40. The summed E-state index contributed by atoms with van der Waals surface area (Å²) in [5.74, 6) is 1.18. The van der Waals surface area contributed by atoms with E-state index in [1.54, 1.807) is 31.4 Å². The molecule has 0 saturated carbocycles. The van der Waals surface area contributed by atoms with Gasteiger partial charge >= 0.3 is 5.63 Å². The van der Waals surface area contributed by atoms with Crippen LogP contribution in [-0.2, 0) is 0 Å². The lowest BCUT2D eigenvalue weighted by Crippen LogP contribution is -2.02. The molecule has 0 aliphatic carbocycles. The van der Waals surface area contributed by atoms with Gasteiger partial charge in [-0.1, -0.05) is 6.07 Å². The molecule has 0 spiro atoms. The quantitative estimate of drug-likeness (QED) is 0.535. The first-order valence-electron chi connectivity index (χ1n) is 6.74. The summed E-state index contributed by atoms with van der Waals surface area (Å²) in [5.41, 5.74) is 0.169. The molecule has 3 aromatic heterocycles. The van der Waals surface area contributed by atoms with Crippen LogP contribution in [0.1, 0.15) is 0 Å². The standard InChI is InChI=1S/C16H10N2O4S/c1-20-10-4-5-12-9(7-10)8-11(16(19)21-12)14-17-18-15(22-14)13-3-2-6-23-13/h2-8H,1H3. The monoisotopic (exact) mass is 326 g/mol. The van der Waals surface area contributed by atoms with E-state index < -0.39 is 5.63 Å². The Balaban J connectivity index is 1.85. The zero-order valence-electron chi connectivity index (χ0n) is 12.0. The zero-order chi connectivity index (χ0) is 15.8. The molecule has 0 bridgehead atoms. The van der Waals surface area contributed by atoms with Crippen molar-refractivity contribution >= 4 is 22.3 Å². The first-order valence-corrected chi connectivity index (χ1v) is 7.62. The van der Waals surface area contributed by atoms with Crippen LogP contribution >= 0.6 is 11.3 Å². The van der Waals surface area contributed by atoms with Gasteiger partial charge in [0.15, 0.2) is 0 Å². The number of thiophene rings is 1. The minimum Gasteiger partial charge on any atom is -0.497 e. The van der Waals surface area contributed by atoms with Crippen molar-refractivity contribution in [2.75, 3.05) is 7.11 Å². The van der Waals surface area contributed by atoms with Gasteiger partial charge < -0.3 is 13.6 Å². The molecule has 0 aliphatic heterocycles. The predicted octanol–water partition coefficient (Wildman–Crippen LogP) is 3.58. The number of hydrogen-bond donors (Lipinski definition) is 0. The SMILES string of the molecule is COc1ccc2oc(=O)c(-c3nnc(-c4cccs4)o3)cc2c1. The molecule has 114 valence electrons.